The maximum Gasteiger partial charge on any atom is 0.138 e. The van der Waals surface area contributed by atoms with E-state index in [0.29, 0.717) is 12.1 Å². The molecule has 2 atom stereocenters. The first-order chi connectivity index (χ1) is 11.6. The highest BCUT2D eigenvalue weighted by molar-refractivity contribution is 5.13. The van der Waals surface area contributed by atoms with Crippen LogP contribution in [0.5, 0.6) is 0 Å². The van der Waals surface area contributed by atoms with E-state index in [4.69, 9.17) is 9.05 Å². The van der Waals surface area contributed by atoms with Crippen LogP contribution in [0, 0.1) is 13.8 Å². The number of aromatic nitrogens is 2. The molecular weight excluding hydrogens is 304 g/mol. The van der Waals surface area contributed by atoms with Crippen molar-refractivity contribution < 1.29 is 9.05 Å². The van der Waals surface area contributed by atoms with Crippen LogP contribution in [0.1, 0.15) is 49.3 Å². The van der Waals surface area contributed by atoms with Crippen LogP contribution in [0.2, 0.25) is 0 Å². The minimum atomic E-state index is 0.544. The molecule has 0 aliphatic carbocycles. The first kappa shape index (κ1) is 17.2. The summed E-state index contributed by atoms with van der Waals surface area (Å²) in [5.41, 5.74) is 2.40. The molecule has 2 aromatic heterocycles. The molecular formula is C18H28N4O2. The molecule has 0 unspecified atom stereocenters. The van der Waals surface area contributed by atoms with Gasteiger partial charge in [0, 0.05) is 49.4 Å². The predicted molar refractivity (Wildman–Crippen MR) is 91.5 cm³/mol. The Kier molecular flexibility index (Phi) is 5.36. The van der Waals surface area contributed by atoms with E-state index in [1.807, 2.05) is 26.2 Å². The molecule has 0 aromatic carbocycles. The Bertz CT molecular complexity index is 595. The number of rotatable bonds is 6. The molecule has 1 saturated heterocycles. The molecule has 0 bridgehead atoms. The summed E-state index contributed by atoms with van der Waals surface area (Å²) in [4.78, 5) is 5.18. The molecule has 3 heterocycles. The summed E-state index contributed by atoms with van der Waals surface area (Å²) in [5, 5.41) is 7.84. The molecule has 6 heteroatoms. The van der Waals surface area contributed by atoms with E-state index in [1.54, 1.807) is 0 Å². The molecule has 0 radical (unpaired) electrons. The average Bonchev–Trinajstić information content (AvgIpc) is 3.17. The Morgan fingerprint density at radius 2 is 1.29 bits per heavy atom. The molecule has 0 spiro atoms. The summed E-state index contributed by atoms with van der Waals surface area (Å²) in [6, 6.07) is 1.09. The number of aryl methyl sites for hydroxylation is 2. The van der Waals surface area contributed by atoms with Crippen LogP contribution in [0.25, 0.3) is 0 Å². The summed E-state index contributed by atoms with van der Waals surface area (Å²) in [6.07, 6.45) is 5.99. The van der Waals surface area contributed by atoms with Crippen molar-refractivity contribution in [1.82, 2.24) is 20.1 Å². The first-order valence-corrected chi connectivity index (χ1v) is 8.90. The fourth-order valence-electron chi connectivity index (χ4n) is 3.61. The molecule has 24 heavy (non-hydrogen) atoms. The molecule has 0 amide bonds. The van der Waals surface area contributed by atoms with Gasteiger partial charge in [0.25, 0.3) is 0 Å². The zero-order chi connectivity index (χ0) is 17.1. The normalized spacial score (nSPS) is 23.0. The predicted octanol–water partition coefficient (Wildman–Crippen LogP) is 3.15. The van der Waals surface area contributed by atoms with Crippen LogP contribution in [0.3, 0.4) is 0 Å². The molecule has 0 saturated carbocycles. The van der Waals surface area contributed by atoms with Crippen molar-refractivity contribution >= 4 is 0 Å². The maximum absolute atomic E-state index is 5.23. The molecule has 3 rings (SSSR count). The van der Waals surface area contributed by atoms with Crippen molar-refractivity contribution in [2.45, 2.75) is 65.7 Å². The van der Waals surface area contributed by atoms with Gasteiger partial charge in [-0.25, -0.2) is 0 Å². The number of hydrogen-bond donors (Lipinski definition) is 0. The molecule has 2 aromatic rings. The largest absolute Gasteiger partial charge is 0.361 e. The van der Waals surface area contributed by atoms with Crippen molar-refractivity contribution in [3.8, 4) is 0 Å². The van der Waals surface area contributed by atoms with E-state index in [0.717, 1.165) is 50.5 Å². The van der Waals surface area contributed by atoms with Gasteiger partial charge in [0.05, 0.1) is 12.4 Å². The van der Waals surface area contributed by atoms with Crippen LogP contribution in [-0.2, 0) is 13.1 Å². The number of nitrogens with zero attached hydrogens (tertiary/aromatic N) is 4. The topological polar surface area (TPSA) is 58.5 Å². The maximum atomic E-state index is 5.23. The van der Waals surface area contributed by atoms with Gasteiger partial charge >= 0.3 is 0 Å². The van der Waals surface area contributed by atoms with E-state index in [2.05, 4.69) is 34.0 Å². The van der Waals surface area contributed by atoms with Crippen molar-refractivity contribution in [3.63, 3.8) is 0 Å². The van der Waals surface area contributed by atoms with Crippen LogP contribution in [-0.4, -0.2) is 45.3 Å². The third-order valence-corrected chi connectivity index (χ3v) is 5.31. The van der Waals surface area contributed by atoms with Crippen LogP contribution >= 0.6 is 0 Å². The Labute approximate surface area is 143 Å². The first-order valence-electron chi connectivity index (χ1n) is 8.90. The van der Waals surface area contributed by atoms with E-state index in [1.165, 1.54) is 11.1 Å². The van der Waals surface area contributed by atoms with Gasteiger partial charge < -0.3 is 9.05 Å². The lowest BCUT2D eigenvalue weighted by atomic mass is 10.0. The van der Waals surface area contributed by atoms with Gasteiger partial charge in [0.2, 0.25) is 0 Å². The average molecular weight is 332 g/mol. The van der Waals surface area contributed by atoms with Gasteiger partial charge in [-0.3, -0.25) is 9.80 Å². The highest BCUT2D eigenvalue weighted by atomic mass is 16.5. The Hall–Kier alpha value is -1.66. The Balaban J connectivity index is 1.72. The molecule has 6 nitrogen and oxygen atoms in total. The molecule has 132 valence electrons. The van der Waals surface area contributed by atoms with Gasteiger partial charge in [0.1, 0.15) is 11.5 Å². The van der Waals surface area contributed by atoms with E-state index in [-0.39, 0.29) is 0 Å². The van der Waals surface area contributed by atoms with Crippen molar-refractivity contribution in [2.75, 3.05) is 13.1 Å². The summed E-state index contributed by atoms with van der Waals surface area (Å²) in [7, 11) is 0. The highest BCUT2D eigenvalue weighted by Gasteiger charge is 2.32. The van der Waals surface area contributed by atoms with Crippen molar-refractivity contribution in [2.24, 2.45) is 0 Å². The zero-order valence-corrected chi connectivity index (χ0v) is 15.2. The second-order valence-corrected chi connectivity index (χ2v) is 6.80. The summed E-state index contributed by atoms with van der Waals surface area (Å²) in [6.45, 7) is 12.5. The SMILES string of the molecule is CC[C@@H]1CN(Cc2cnoc2C)[C@H](CC)CN1Cc1cnoc1C. The molecule has 0 N–H and O–H groups in total. The smallest absolute Gasteiger partial charge is 0.138 e. The monoisotopic (exact) mass is 332 g/mol. The van der Waals surface area contributed by atoms with E-state index in [9.17, 15) is 0 Å². The molecule has 1 aliphatic rings. The fraction of sp³-hybridized carbons (Fsp3) is 0.667. The Morgan fingerprint density at radius 1 is 0.875 bits per heavy atom. The quantitative estimate of drug-likeness (QED) is 0.810. The number of hydrogen-bond acceptors (Lipinski definition) is 6. The summed E-state index contributed by atoms with van der Waals surface area (Å²) < 4.78 is 10.5. The third kappa shape index (κ3) is 3.54. The van der Waals surface area contributed by atoms with Crippen LogP contribution < -0.4 is 0 Å². The van der Waals surface area contributed by atoms with Crippen molar-refractivity contribution in [3.05, 3.63) is 35.0 Å². The van der Waals surface area contributed by atoms with Crippen LogP contribution in [0.15, 0.2) is 21.4 Å². The molecule has 1 fully saturated rings. The second kappa shape index (κ2) is 7.49. The van der Waals surface area contributed by atoms with Gasteiger partial charge in [0.15, 0.2) is 0 Å². The van der Waals surface area contributed by atoms with Gasteiger partial charge in [-0.1, -0.05) is 24.2 Å². The Morgan fingerprint density at radius 3 is 1.58 bits per heavy atom. The summed E-state index contributed by atoms with van der Waals surface area (Å²) in [5.74, 6) is 1.86. The van der Waals surface area contributed by atoms with Gasteiger partial charge in [-0.15, -0.1) is 0 Å². The molecule has 1 aliphatic heterocycles. The fourth-order valence-corrected chi connectivity index (χ4v) is 3.61. The third-order valence-electron chi connectivity index (χ3n) is 5.31. The minimum absolute atomic E-state index is 0.544. The number of piperazine rings is 1. The van der Waals surface area contributed by atoms with E-state index < -0.39 is 0 Å². The zero-order valence-electron chi connectivity index (χ0n) is 15.2. The lowest BCUT2D eigenvalue weighted by molar-refractivity contribution is 0.0146. The summed E-state index contributed by atoms with van der Waals surface area (Å²) >= 11 is 0. The van der Waals surface area contributed by atoms with Crippen LogP contribution in [0.4, 0.5) is 0 Å². The van der Waals surface area contributed by atoms with Crippen molar-refractivity contribution in [1.29, 1.82) is 0 Å². The standard InChI is InChI=1S/C18H28N4O2/c1-5-17-11-22(10-16-8-20-24-14(16)4)18(6-2)12-21(17)9-15-7-19-23-13(15)3/h7-8,17-18H,5-6,9-12H2,1-4H3/t17-,18-/m1/s1. The van der Waals surface area contributed by atoms with E-state index >= 15 is 0 Å². The van der Waals surface area contributed by atoms with Gasteiger partial charge in [-0.05, 0) is 26.7 Å². The lowest BCUT2D eigenvalue weighted by Gasteiger charge is -2.46. The highest BCUT2D eigenvalue weighted by Crippen LogP contribution is 2.25. The van der Waals surface area contributed by atoms with Gasteiger partial charge in [-0.2, -0.15) is 0 Å². The second-order valence-electron chi connectivity index (χ2n) is 6.80. The lowest BCUT2D eigenvalue weighted by Crippen LogP contribution is -2.57. The minimum Gasteiger partial charge on any atom is -0.361 e.